The molecular formula is C9H7IN2S. The Morgan fingerprint density at radius 1 is 1.23 bits per heavy atom. The number of nitrogens with zero attached hydrogens (tertiary/aromatic N) is 2. The molecule has 0 amide bonds. The summed E-state index contributed by atoms with van der Waals surface area (Å²) in [6.45, 7) is 0. The Labute approximate surface area is 94.3 Å². The van der Waals surface area contributed by atoms with E-state index < -0.39 is 0 Å². The summed E-state index contributed by atoms with van der Waals surface area (Å²) in [5.74, 6) is 0.845. The third-order valence-corrected chi connectivity index (χ3v) is 3.57. The van der Waals surface area contributed by atoms with E-state index in [9.17, 15) is 0 Å². The lowest BCUT2D eigenvalue weighted by Crippen LogP contribution is -1.79. The third kappa shape index (κ3) is 2.05. The highest BCUT2D eigenvalue weighted by atomic mass is 127. The van der Waals surface area contributed by atoms with Gasteiger partial charge in [0.1, 0.15) is 5.01 Å². The Hall–Kier alpha value is -0.490. The smallest absolute Gasteiger partial charge is 0.173 e. The maximum atomic E-state index is 4.40. The minimum Gasteiger partial charge on any atom is -0.219 e. The molecule has 2 aromatic rings. The average Bonchev–Trinajstić information content (AvgIpc) is 2.67. The number of benzene rings is 1. The van der Waals surface area contributed by atoms with E-state index in [0.29, 0.717) is 0 Å². The Morgan fingerprint density at radius 2 is 2.00 bits per heavy atom. The van der Waals surface area contributed by atoms with Gasteiger partial charge in [-0.25, -0.2) is 4.98 Å². The van der Waals surface area contributed by atoms with Crippen LogP contribution in [0.2, 0.25) is 0 Å². The zero-order valence-corrected chi connectivity index (χ0v) is 9.75. The van der Waals surface area contributed by atoms with Crippen LogP contribution >= 0.6 is 34.1 Å². The van der Waals surface area contributed by atoms with E-state index in [4.69, 9.17) is 0 Å². The van der Waals surface area contributed by atoms with Crippen LogP contribution in [-0.4, -0.2) is 9.36 Å². The fourth-order valence-electron chi connectivity index (χ4n) is 1.01. The molecule has 0 saturated heterocycles. The largest absolute Gasteiger partial charge is 0.219 e. The molecule has 0 atom stereocenters. The van der Waals surface area contributed by atoms with Gasteiger partial charge in [-0.2, -0.15) is 4.37 Å². The van der Waals surface area contributed by atoms with Crippen molar-refractivity contribution in [3.8, 4) is 11.4 Å². The number of rotatable bonds is 2. The number of alkyl halides is 1. The first-order chi connectivity index (χ1) is 6.40. The summed E-state index contributed by atoms with van der Waals surface area (Å²) in [6.07, 6.45) is 0. The first kappa shape index (κ1) is 9.08. The fraction of sp³-hybridized carbons (Fsp3) is 0.111. The van der Waals surface area contributed by atoms with Crippen molar-refractivity contribution >= 4 is 34.1 Å². The second-order valence-electron chi connectivity index (χ2n) is 2.51. The van der Waals surface area contributed by atoms with Gasteiger partial charge in [0.05, 0.1) is 4.43 Å². The van der Waals surface area contributed by atoms with Crippen molar-refractivity contribution in [3.63, 3.8) is 0 Å². The van der Waals surface area contributed by atoms with E-state index in [-0.39, 0.29) is 0 Å². The molecule has 0 aliphatic heterocycles. The minimum atomic E-state index is 0.845. The monoisotopic (exact) mass is 302 g/mol. The topological polar surface area (TPSA) is 25.8 Å². The molecule has 1 aromatic carbocycles. The molecule has 4 heteroatoms. The first-order valence-electron chi connectivity index (χ1n) is 3.84. The summed E-state index contributed by atoms with van der Waals surface area (Å²) in [5.41, 5.74) is 1.09. The van der Waals surface area contributed by atoms with Gasteiger partial charge < -0.3 is 0 Å². The van der Waals surface area contributed by atoms with Crippen molar-refractivity contribution < 1.29 is 0 Å². The summed E-state index contributed by atoms with van der Waals surface area (Å²) in [6, 6.07) is 10.0. The number of halogens is 1. The molecule has 0 aliphatic rings. The average molecular weight is 302 g/mol. The molecule has 2 nitrogen and oxygen atoms in total. The van der Waals surface area contributed by atoms with Crippen LogP contribution in [0.4, 0.5) is 0 Å². The molecule has 13 heavy (non-hydrogen) atoms. The van der Waals surface area contributed by atoms with Crippen molar-refractivity contribution in [2.75, 3.05) is 0 Å². The summed E-state index contributed by atoms with van der Waals surface area (Å²) >= 11 is 3.77. The van der Waals surface area contributed by atoms with Crippen LogP contribution in [0.5, 0.6) is 0 Å². The van der Waals surface area contributed by atoms with Crippen LogP contribution < -0.4 is 0 Å². The predicted octanol–water partition coefficient (Wildman–Crippen LogP) is 3.14. The highest BCUT2D eigenvalue weighted by molar-refractivity contribution is 14.1. The third-order valence-electron chi connectivity index (χ3n) is 1.61. The minimum absolute atomic E-state index is 0.845. The number of hydrogen-bond donors (Lipinski definition) is 0. The maximum absolute atomic E-state index is 4.40. The SMILES string of the molecule is ICc1nc(-c2ccccc2)ns1. The Bertz CT molecular complexity index is 386. The Kier molecular flexibility index (Phi) is 2.90. The molecule has 0 radical (unpaired) electrons. The summed E-state index contributed by atoms with van der Waals surface area (Å²) in [5, 5.41) is 1.08. The lowest BCUT2D eigenvalue weighted by Gasteiger charge is -1.91. The molecule has 66 valence electrons. The van der Waals surface area contributed by atoms with E-state index >= 15 is 0 Å². The van der Waals surface area contributed by atoms with Crippen molar-refractivity contribution in [2.24, 2.45) is 0 Å². The van der Waals surface area contributed by atoms with Crippen molar-refractivity contribution in [1.82, 2.24) is 9.36 Å². The number of hydrogen-bond acceptors (Lipinski definition) is 3. The van der Waals surface area contributed by atoms with Gasteiger partial charge in [-0.05, 0) is 11.5 Å². The van der Waals surface area contributed by atoms with Crippen LogP contribution in [0, 0.1) is 0 Å². The van der Waals surface area contributed by atoms with E-state index in [0.717, 1.165) is 20.8 Å². The van der Waals surface area contributed by atoms with Crippen molar-refractivity contribution in [2.45, 2.75) is 4.43 Å². The van der Waals surface area contributed by atoms with Crippen LogP contribution in [-0.2, 0) is 4.43 Å². The molecule has 0 saturated carbocycles. The number of aromatic nitrogens is 2. The lowest BCUT2D eigenvalue weighted by atomic mass is 10.2. The highest BCUT2D eigenvalue weighted by Crippen LogP contribution is 2.18. The molecule has 0 unspecified atom stereocenters. The molecule has 0 bridgehead atoms. The zero-order valence-electron chi connectivity index (χ0n) is 6.77. The van der Waals surface area contributed by atoms with Gasteiger partial charge >= 0.3 is 0 Å². The van der Waals surface area contributed by atoms with Gasteiger partial charge in [-0.15, -0.1) is 0 Å². The van der Waals surface area contributed by atoms with E-state index in [2.05, 4.69) is 31.9 Å². The molecule has 0 aliphatic carbocycles. The fourth-order valence-corrected chi connectivity index (χ4v) is 2.12. The summed E-state index contributed by atoms with van der Waals surface area (Å²) in [4.78, 5) is 4.40. The van der Waals surface area contributed by atoms with E-state index in [1.807, 2.05) is 30.3 Å². The molecule has 0 fully saturated rings. The highest BCUT2D eigenvalue weighted by Gasteiger charge is 2.03. The van der Waals surface area contributed by atoms with Crippen LogP contribution in [0.15, 0.2) is 30.3 Å². The quantitative estimate of drug-likeness (QED) is 0.629. The normalized spacial score (nSPS) is 10.2. The van der Waals surface area contributed by atoms with Gasteiger partial charge in [0.2, 0.25) is 0 Å². The van der Waals surface area contributed by atoms with Crippen LogP contribution in [0.3, 0.4) is 0 Å². The maximum Gasteiger partial charge on any atom is 0.173 e. The standard InChI is InChI=1S/C9H7IN2S/c10-6-8-11-9(12-13-8)7-4-2-1-3-5-7/h1-5H,6H2. The molecule has 2 rings (SSSR count). The lowest BCUT2D eigenvalue weighted by molar-refractivity contribution is 1.25. The molecular weight excluding hydrogens is 295 g/mol. The first-order valence-corrected chi connectivity index (χ1v) is 6.14. The van der Waals surface area contributed by atoms with Crippen LogP contribution in [0.25, 0.3) is 11.4 Å². The summed E-state index contributed by atoms with van der Waals surface area (Å²) < 4.78 is 5.22. The second-order valence-corrected chi connectivity index (χ2v) is 4.11. The Morgan fingerprint density at radius 3 is 2.62 bits per heavy atom. The molecule has 1 aromatic heterocycles. The van der Waals surface area contributed by atoms with Crippen molar-refractivity contribution in [1.29, 1.82) is 0 Å². The molecule has 1 heterocycles. The van der Waals surface area contributed by atoms with E-state index in [1.54, 1.807) is 0 Å². The van der Waals surface area contributed by atoms with Crippen LogP contribution in [0.1, 0.15) is 5.01 Å². The van der Waals surface area contributed by atoms with Gasteiger partial charge in [-0.1, -0.05) is 52.9 Å². The van der Waals surface area contributed by atoms with E-state index in [1.165, 1.54) is 11.5 Å². The van der Waals surface area contributed by atoms with Crippen molar-refractivity contribution in [3.05, 3.63) is 35.3 Å². The van der Waals surface area contributed by atoms with Gasteiger partial charge in [0.15, 0.2) is 5.82 Å². The zero-order chi connectivity index (χ0) is 9.10. The molecule has 0 N–H and O–H groups in total. The molecule has 0 spiro atoms. The van der Waals surface area contributed by atoms with Gasteiger partial charge in [0, 0.05) is 5.56 Å². The van der Waals surface area contributed by atoms with Gasteiger partial charge in [-0.3, -0.25) is 0 Å². The van der Waals surface area contributed by atoms with Gasteiger partial charge in [0.25, 0.3) is 0 Å². The predicted molar refractivity (Wildman–Crippen MR) is 63.1 cm³/mol. The summed E-state index contributed by atoms with van der Waals surface area (Å²) in [7, 11) is 0. The second kappa shape index (κ2) is 4.15. The Balaban J connectivity index is 2.36.